The van der Waals surface area contributed by atoms with Crippen molar-refractivity contribution in [3.63, 3.8) is 0 Å². The maximum atomic E-state index is 11.1. The van der Waals surface area contributed by atoms with E-state index in [-0.39, 0.29) is 5.91 Å². The van der Waals surface area contributed by atoms with E-state index in [9.17, 15) is 4.79 Å². The fraction of sp³-hybridized carbons (Fsp3) is 0.533. The van der Waals surface area contributed by atoms with Gasteiger partial charge in [0.05, 0.1) is 5.69 Å². The molecule has 22 heavy (non-hydrogen) atoms. The van der Waals surface area contributed by atoms with Gasteiger partial charge in [-0.05, 0) is 25.5 Å². The van der Waals surface area contributed by atoms with Crippen LogP contribution in [0.3, 0.4) is 0 Å². The average Bonchev–Trinajstić information content (AvgIpc) is 3.08. The van der Waals surface area contributed by atoms with Crippen molar-refractivity contribution < 1.29 is 4.79 Å². The molecular weight excluding hydrogens is 298 g/mol. The number of nitrogens with one attached hydrogen (secondary N) is 1. The third kappa shape index (κ3) is 3.53. The van der Waals surface area contributed by atoms with Crippen molar-refractivity contribution in [1.82, 2.24) is 19.7 Å². The highest BCUT2D eigenvalue weighted by Crippen LogP contribution is 2.27. The summed E-state index contributed by atoms with van der Waals surface area (Å²) < 4.78 is 1.98. The Hall–Kier alpha value is -1.73. The molecule has 6 nitrogen and oxygen atoms in total. The van der Waals surface area contributed by atoms with Crippen LogP contribution < -0.4 is 5.32 Å². The molecule has 3 rings (SSSR count). The molecule has 1 saturated heterocycles. The first-order chi connectivity index (χ1) is 10.6. The molecule has 0 unspecified atom stereocenters. The maximum Gasteiger partial charge on any atom is 0.223 e. The zero-order chi connectivity index (χ0) is 15.5. The van der Waals surface area contributed by atoms with Gasteiger partial charge in [0.15, 0.2) is 5.13 Å². The van der Waals surface area contributed by atoms with E-state index in [1.807, 2.05) is 23.3 Å². The lowest BCUT2D eigenvalue weighted by Gasteiger charge is -2.32. The van der Waals surface area contributed by atoms with E-state index in [1.54, 1.807) is 0 Å². The summed E-state index contributed by atoms with van der Waals surface area (Å²) in [6, 6.07) is 2.12. The number of amides is 1. The van der Waals surface area contributed by atoms with Crippen LogP contribution in [0.4, 0.5) is 5.13 Å². The van der Waals surface area contributed by atoms with E-state index < -0.39 is 0 Å². The minimum atomic E-state index is -0.0739. The van der Waals surface area contributed by atoms with Gasteiger partial charge >= 0.3 is 0 Å². The van der Waals surface area contributed by atoms with Crippen LogP contribution in [0.2, 0.25) is 0 Å². The van der Waals surface area contributed by atoms with Crippen molar-refractivity contribution in [2.45, 2.75) is 32.2 Å². The van der Waals surface area contributed by atoms with E-state index in [2.05, 4.69) is 26.4 Å². The van der Waals surface area contributed by atoms with Crippen molar-refractivity contribution in [2.75, 3.05) is 18.4 Å². The Morgan fingerprint density at radius 2 is 2.41 bits per heavy atom. The van der Waals surface area contributed by atoms with Crippen molar-refractivity contribution >= 4 is 22.4 Å². The van der Waals surface area contributed by atoms with Gasteiger partial charge in [-0.2, -0.15) is 5.10 Å². The summed E-state index contributed by atoms with van der Waals surface area (Å²) in [4.78, 5) is 18.0. The number of piperidine rings is 1. The first-order valence-electron chi connectivity index (χ1n) is 7.54. The molecule has 0 spiro atoms. The van der Waals surface area contributed by atoms with Crippen molar-refractivity contribution in [3.8, 4) is 0 Å². The van der Waals surface area contributed by atoms with E-state index in [4.69, 9.17) is 0 Å². The van der Waals surface area contributed by atoms with Crippen LogP contribution in [0.1, 0.15) is 37.1 Å². The van der Waals surface area contributed by atoms with Crippen LogP contribution in [-0.2, 0) is 18.4 Å². The molecule has 2 aromatic heterocycles. The summed E-state index contributed by atoms with van der Waals surface area (Å²) in [6.07, 6.45) is 4.27. The lowest BCUT2D eigenvalue weighted by atomic mass is 9.94. The number of aryl methyl sites for hydroxylation is 1. The maximum absolute atomic E-state index is 11.1. The zero-order valence-electron chi connectivity index (χ0n) is 13.0. The Kier molecular flexibility index (Phi) is 4.54. The first kappa shape index (κ1) is 15.2. The third-order valence-corrected chi connectivity index (χ3v) is 4.81. The molecule has 1 amide bonds. The van der Waals surface area contributed by atoms with Gasteiger partial charge in [-0.15, -0.1) is 11.3 Å². The number of hydrogen-bond acceptors (Lipinski definition) is 5. The number of anilines is 1. The third-order valence-electron chi connectivity index (χ3n) is 4.00. The predicted octanol–water partition coefficient (Wildman–Crippen LogP) is 2.21. The number of likely N-dealkylation sites (tertiary alicyclic amines) is 1. The van der Waals surface area contributed by atoms with Gasteiger partial charge in [-0.3, -0.25) is 14.4 Å². The monoisotopic (exact) mass is 319 g/mol. The van der Waals surface area contributed by atoms with E-state index in [1.165, 1.54) is 36.8 Å². The summed E-state index contributed by atoms with van der Waals surface area (Å²) >= 11 is 1.48. The van der Waals surface area contributed by atoms with Gasteiger partial charge in [-0.1, -0.05) is 0 Å². The number of aromatic nitrogens is 3. The molecule has 0 bridgehead atoms. The number of carbonyl (C=O) groups excluding carboxylic acids is 1. The Balaban J connectivity index is 1.62. The van der Waals surface area contributed by atoms with E-state index >= 15 is 0 Å². The van der Waals surface area contributed by atoms with Crippen LogP contribution >= 0.6 is 11.3 Å². The summed E-state index contributed by atoms with van der Waals surface area (Å²) in [6.45, 7) is 4.47. The molecular formula is C15H21N5OS. The zero-order valence-corrected chi connectivity index (χ0v) is 13.8. The van der Waals surface area contributed by atoms with Gasteiger partial charge in [0.25, 0.3) is 0 Å². The lowest BCUT2D eigenvalue weighted by molar-refractivity contribution is -0.114. The molecule has 118 valence electrons. The summed E-state index contributed by atoms with van der Waals surface area (Å²) in [5, 5.41) is 9.73. The molecule has 0 aliphatic carbocycles. The topological polar surface area (TPSA) is 63.1 Å². The molecule has 0 aromatic carbocycles. The fourth-order valence-electron chi connectivity index (χ4n) is 3.04. The highest BCUT2D eigenvalue weighted by molar-refractivity contribution is 7.13. The number of nitrogens with zero attached hydrogens (tertiary/aromatic N) is 4. The molecule has 3 heterocycles. The van der Waals surface area contributed by atoms with Gasteiger partial charge in [0.2, 0.25) is 5.91 Å². The standard InChI is InChI=1S/C15H21N5OS/c1-11(21)17-15-18-13(10-22-15)9-20-7-3-4-12(8-20)14-5-6-16-19(14)2/h5-6,10,12H,3-4,7-9H2,1-2H3,(H,17,18,21)/t12-/m0/s1. The molecule has 1 aliphatic heterocycles. The number of hydrogen-bond donors (Lipinski definition) is 1. The Labute approximate surface area is 134 Å². The smallest absolute Gasteiger partial charge is 0.223 e. The molecule has 0 saturated carbocycles. The Bertz CT molecular complexity index is 650. The summed E-state index contributed by atoms with van der Waals surface area (Å²) in [7, 11) is 2.01. The largest absolute Gasteiger partial charge is 0.302 e. The molecule has 1 aliphatic rings. The summed E-state index contributed by atoms with van der Waals surface area (Å²) in [5.74, 6) is 0.463. The van der Waals surface area contributed by atoms with Crippen LogP contribution in [0.25, 0.3) is 0 Å². The fourth-order valence-corrected chi connectivity index (χ4v) is 3.79. The quantitative estimate of drug-likeness (QED) is 0.938. The predicted molar refractivity (Wildman–Crippen MR) is 86.9 cm³/mol. The van der Waals surface area contributed by atoms with E-state index in [0.717, 1.165) is 25.3 Å². The molecule has 1 N–H and O–H groups in total. The van der Waals surface area contributed by atoms with Crippen LogP contribution in [0.15, 0.2) is 17.6 Å². The van der Waals surface area contributed by atoms with Crippen molar-refractivity contribution in [2.24, 2.45) is 7.05 Å². The van der Waals surface area contributed by atoms with Crippen LogP contribution in [0, 0.1) is 0 Å². The first-order valence-corrected chi connectivity index (χ1v) is 8.42. The van der Waals surface area contributed by atoms with Gasteiger partial charge in [0, 0.05) is 50.2 Å². The second-order valence-corrected chi connectivity index (χ2v) is 6.64. The molecule has 7 heteroatoms. The number of carbonyl (C=O) groups is 1. The lowest BCUT2D eigenvalue weighted by Crippen LogP contribution is -2.34. The average molecular weight is 319 g/mol. The Morgan fingerprint density at radius 1 is 1.55 bits per heavy atom. The van der Waals surface area contributed by atoms with Crippen molar-refractivity contribution in [1.29, 1.82) is 0 Å². The number of rotatable bonds is 4. The van der Waals surface area contributed by atoms with Gasteiger partial charge in [0.1, 0.15) is 0 Å². The molecule has 1 atom stereocenters. The van der Waals surface area contributed by atoms with Gasteiger partial charge in [-0.25, -0.2) is 4.98 Å². The minimum Gasteiger partial charge on any atom is -0.302 e. The van der Waals surface area contributed by atoms with Crippen LogP contribution in [-0.4, -0.2) is 38.7 Å². The minimum absolute atomic E-state index is 0.0739. The SMILES string of the molecule is CC(=O)Nc1nc(CN2CCC[C@H](c3ccnn3C)C2)cs1. The molecule has 1 fully saturated rings. The highest BCUT2D eigenvalue weighted by atomic mass is 32.1. The molecule has 2 aromatic rings. The second kappa shape index (κ2) is 6.58. The second-order valence-electron chi connectivity index (χ2n) is 5.78. The Morgan fingerprint density at radius 3 is 3.14 bits per heavy atom. The molecule has 0 radical (unpaired) electrons. The van der Waals surface area contributed by atoms with Crippen LogP contribution in [0.5, 0.6) is 0 Å². The number of thiazole rings is 1. The normalized spacial score (nSPS) is 19.3. The van der Waals surface area contributed by atoms with Crippen molar-refractivity contribution in [3.05, 3.63) is 29.0 Å². The summed E-state index contributed by atoms with van der Waals surface area (Å²) in [5.41, 5.74) is 2.33. The van der Waals surface area contributed by atoms with E-state index in [0.29, 0.717) is 11.0 Å². The highest BCUT2D eigenvalue weighted by Gasteiger charge is 2.23. The van der Waals surface area contributed by atoms with Gasteiger partial charge < -0.3 is 5.32 Å².